The molecule has 2 N–H and O–H groups in total. The molecule has 1 saturated carbocycles. The summed E-state index contributed by atoms with van der Waals surface area (Å²) in [4.78, 5) is 6.93. The van der Waals surface area contributed by atoms with E-state index >= 15 is 0 Å². The van der Waals surface area contributed by atoms with Gasteiger partial charge in [0.15, 0.2) is 5.96 Å². The number of hydrogen-bond donors (Lipinski definition) is 2. The van der Waals surface area contributed by atoms with E-state index in [4.69, 9.17) is 9.47 Å². The molecule has 2 aromatic rings. The number of nitrogens with one attached hydrogen (secondary N) is 2. The monoisotopic (exact) mass is 529 g/mol. The van der Waals surface area contributed by atoms with Crippen LogP contribution in [0.25, 0.3) is 10.4 Å². The van der Waals surface area contributed by atoms with Gasteiger partial charge in [-0.2, -0.15) is 0 Å². The van der Waals surface area contributed by atoms with E-state index in [0.717, 1.165) is 37.8 Å². The van der Waals surface area contributed by atoms with Gasteiger partial charge in [-0.1, -0.05) is 6.42 Å². The highest BCUT2D eigenvalue weighted by atomic mass is 127. The summed E-state index contributed by atoms with van der Waals surface area (Å²) in [7, 11) is 5.30. The maximum atomic E-state index is 5.28. The van der Waals surface area contributed by atoms with E-state index in [0.29, 0.717) is 5.41 Å². The topological polar surface area (TPSA) is 54.9 Å². The Morgan fingerprint density at radius 1 is 1.10 bits per heavy atom. The van der Waals surface area contributed by atoms with Crippen LogP contribution in [0.1, 0.15) is 30.6 Å². The zero-order valence-electron chi connectivity index (χ0n) is 17.5. The van der Waals surface area contributed by atoms with E-state index in [9.17, 15) is 0 Å². The molecular formula is C22H32IN3O2S. The van der Waals surface area contributed by atoms with Crippen LogP contribution in [0.5, 0.6) is 5.75 Å². The minimum absolute atomic E-state index is 0. The van der Waals surface area contributed by atoms with Crippen LogP contribution in [-0.4, -0.2) is 40.4 Å². The first-order valence-corrected chi connectivity index (χ1v) is 10.7. The Morgan fingerprint density at radius 2 is 1.86 bits per heavy atom. The second-order valence-corrected chi connectivity index (χ2v) is 8.54. The predicted octanol–water partition coefficient (Wildman–Crippen LogP) is 4.91. The molecule has 0 unspecified atom stereocenters. The molecular weight excluding hydrogens is 497 g/mol. The smallest absolute Gasteiger partial charge is 0.191 e. The highest BCUT2D eigenvalue weighted by Gasteiger charge is 2.36. The van der Waals surface area contributed by atoms with Crippen LogP contribution in [0.4, 0.5) is 0 Å². The van der Waals surface area contributed by atoms with Crippen LogP contribution in [0.3, 0.4) is 0 Å². The molecule has 29 heavy (non-hydrogen) atoms. The summed E-state index contributed by atoms with van der Waals surface area (Å²) >= 11 is 1.80. The maximum absolute atomic E-state index is 5.28. The van der Waals surface area contributed by atoms with Gasteiger partial charge in [-0.05, 0) is 66.6 Å². The summed E-state index contributed by atoms with van der Waals surface area (Å²) in [5.41, 5.74) is 1.59. The highest BCUT2D eigenvalue weighted by molar-refractivity contribution is 14.0. The van der Waals surface area contributed by atoms with Gasteiger partial charge in [0.2, 0.25) is 0 Å². The fourth-order valence-corrected chi connectivity index (χ4v) is 4.51. The van der Waals surface area contributed by atoms with E-state index in [1.165, 1.54) is 34.6 Å². The first kappa shape index (κ1) is 24.0. The lowest BCUT2D eigenvalue weighted by atomic mass is 9.67. The number of rotatable bonds is 9. The van der Waals surface area contributed by atoms with Crippen LogP contribution in [0.2, 0.25) is 0 Å². The van der Waals surface area contributed by atoms with Crippen LogP contribution < -0.4 is 15.4 Å². The molecule has 0 spiro atoms. The van der Waals surface area contributed by atoms with Gasteiger partial charge in [-0.25, -0.2) is 0 Å². The first-order chi connectivity index (χ1) is 13.7. The summed E-state index contributed by atoms with van der Waals surface area (Å²) in [5.74, 6) is 1.75. The molecule has 0 radical (unpaired) electrons. The molecule has 0 atom stereocenters. The predicted molar refractivity (Wildman–Crippen MR) is 133 cm³/mol. The van der Waals surface area contributed by atoms with Gasteiger partial charge in [0.05, 0.1) is 13.7 Å². The number of nitrogens with zero attached hydrogens (tertiary/aromatic N) is 1. The van der Waals surface area contributed by atoms with E-state index in [-0.39, 0.29) is 24.0 Å². The summed E-state index contributed by atoms with van der Waals surface area (Å²) in [6.07, 6.45) is 4.98. The number of aliphatic imine (C=N–C) groups is 1. The van der Waals surface area contributed by atoms with Crippen LogP contribution in [-0.2, 0) is 11.3 Å². The summed E-state index contributed by atoms with van der Waals surface area (Å²) in [6.45, 7) is 2.56. The Hall–Kier alpha value is -1.32. The van der Waals surface area contributed by atoms with Gasteiger partial charge in [0.1, 0.15) is 5.75 Å². The van der Waals surface area contributed by atoms with E-state index in [2.05, 4.69) is 39.9 Å². The minimum Gasteiger partial charge on any atom is -0.497 e. The summed E-state index contributed by atoms with van der Waals surface area (Å²) < 4.78 is 10.5. The Kier molecular flexibility index (Phi) is 9.71. The Morgan fingerprint density at radius 3 is 2.45 bits per heavy atom. The Labute approximate surface area is 195 Å². The van der Waals surface area contributed by atoms with Crippen molar-refractivity contribution in [2.45, 2.75) is 32.2 Å². The van der Waals surface area contributed by atoms with Crippen molar-refractivity contribution in [2.24, 2.45) is 10.4 Å². The maximum Gasteiger partial charge on any atom is 0.191 e. The van der Waals surface area contributed by atoms with Crippen molar-refractivity contribution in [3.8, 4) is 16.2 Å². The number of thiophene rings is 1. The molecule has 0 bridgehead atoms. The van der Waals surface area contributed by atoms with Crippen molar-refractivity contribution >= 4 is 41.3 Å². The number of benzene rings is 1. The van der Waals surface area contributed by atoms with Gasteiger partial charge in [0.25, 0.3) is 0 Å². The Balaban J connectivity index is 0.00000300. The second-order valence-electron chi connectivity index (χ2n) is 7.37. The molecule has 1 aromatic heterocycles. The fraction of sp³-hybridized carbons (Fsp3) is 0.500. The van der Waals surface area contributed by atoms with Crippen LogP contribution >= 0.6 is 35.3 Å². The fourth-order valence-electron chi connectivity index (χ4n) is 3.56. The van der Waals surface area contributed by atoms with Crippen molar-refractivity contribution < 1.29 is 9.47 Å². The molecule has 1 aliphatic carbocycles. The Bertz CT molecular complexity index is 773. The molecule has 0 saturated heterocycles. The summed E-state index contributed by atoms with van der Waals surface area (Å²) in [6, 6.07) is 12.5. The third-order valence-corrected chi connectivity index (χ3v) is 6.71. The lowest BCUT2D eigenvalue weighted by Gasteiger charge is -2.42. The number of halogens is 1. The third kappa shape index (κ3) is 6.58. The third-order valence-electron chi connectivity index (χ3n) is 5.57. The van der Waals surface area contributed by atoms with Crippen LogP contribution in [0, 0.1) is 5.41 Å². The van der Waals surface area contributed by atoms with E-state index < -0.39 is 0 Å². The van der Waals surface area contributed by atoms with Gasteiger partial charge >= 0.3 is 0 Å². The molecule has 0 amide bonds. The molecule has 1 aromatic carbocycles. The second kappa shape index (κ2) is 11.8. The van der Waals surface area contributed by atoms with Crippen molar-refractivity contribution in [1.29, 1.82) is 0 Å². The SMILES string of the molecule is CN=C(NCc1ccc(-c2ccc(OC)cc2)s1)NCC1(CCOC)CCC1.I. The standard InChI is InChI=1S/C22H31N3O2S.HI/c1-23-21(25-16-22(11-4-12-22)13-14-26-2)24-15-19-9-10-20(28-19)17-5-7-18(27-3)8-6-17;/h5-10H,4,11-16H2,1-3H3,(H2,23,24,25);1H. The molecule has 1 fully saturated rings. The normalized spacial score (nSPS) is 15.2. The van der Waals surface area contributed by atoms with Gasteiger partial charge < -0.3 is 20.1 Å². The number of methoxy groups -OCH3 is 2. The average molecular weight is 529 g/mol. The zero-order valence-corrected chi connectivity index (χ0v) is 20.6. The lowest BCUT2D eigenvalue weighted by Crippen LogP contribution is -2.46. The van der Waals surface area contributed by atoms with E-state index in [1.54, 1.807) is 25.6 Å². The lowest BCUT2D eigenvalue weighted by molar-refractivity contribution is 0.0732. The van der Waals surface area contributed by atoms with Gasteiger partial charge in [0, 0.05) is 37.1 Å². The van der Waals surface area contributed by atoms with Crippen molar-refractivity contribution in [2.75, 3.05) is 34.4 Å². The quantitative estimate of drug-likeness (QED) is 0.275. The number of ether oxygens (including phenoxy) is 2. The van der Waals surface area contributed by atoms with Crippen molar-refractivity contribution in [1.82, 2.24) is 10.6 Å². The van der Waals surface area contributed by atoms with Crippen LogP contribution in [0.15, 0.2) is 41.4 Å². The molecule has 3 rings (SSSR count). The molecule has 7 heteroatoms. The molecule has 160 valence electrons. The number of hydrogen-bond acceptors (Lipinski definition) is 4. The van der Waals surface area contributed by atoms with Crippen molar-refractivity contribution in [3.63, 3.8) is 0 Å². The van der Waals surface area contributed by atoms with Gasteiger partial charge in [-0.3, -0.25) is 4.99 Å². The van der Waals surface area contributed by atoms with E-state index in [1.807, 2.05) is 19.2 Å². The largest absolute Gasteiger partial charge is 0.497 e. The zero-order chi connectivity index (χ0) is 19.8. The first-order valence-electron chi connectivity index (χ1n) is 9.85. The highest BCUT2D eigenvalue weighted by Crippen LogP contribution is 2.43. The molecule has 0 aliphatic heterocycles. The van der Waals surface area contributed by atoms with Crippen molar-refractivity contribution in [3.05, 3.63) is 41.3 Å². The number of guanidine groups is 1. The molecule has 5 nitrogen and oxygen atoms in total. The molecule has 1 aliphatic rings. The van der Waals surface area contributed by atoms with Gasteiger partial charge in [-0.15, -0.1) is 35.3 Å². The molecule has 1 heterocycles. The average Bonchev–Trinajstić information content (AvgIpc) is 3.18. The summed E-state index contributed by atoms with van der Waals surface area (Å²) in [5, 5.41) is 6.96. The minimum atomic E-state index is 0.